The molecule has 0 bridgehead atoms. The molecule has 0 saturated carbocycles. The van der Waals surface area contributed by atoms with Crippen LogP contribution in [-0.4, -0.2) is 5.91 Å². The third kappa shape index (κ3) is 3.31. The van der Waals surface area contributed by atoms with Crippen molar-refractivity contribution in [3.8, 4) is 0 Å². The minimum atomic E-state index is -0.518. The Labute approximate surface area is 111 Å². The lowest BCUT2D eigenvalue weighted by Gasteiger charge is -2.07. The van der Waals surface area contributed by atoms with Gasteiger partial charge in [-0.2, -0.15) is 0 Å². The summed E-state index contributed by atoms with van der Waals surface area (Å²) in [5.41, 5.74) is 7.91. The molecular weight excluding hydrogens is 243 g/mol. The molecule has 0 heterocycles. The molecule has 0 saturated heterocycles. The maximum atomic E-state index is 13.0. The number of carbonyl (C=O) groups excluding carboxylic acids is 1. The van der Waals surface area contributed by atoms with Crippen LogP contribution in [0.25, 0.3) is 0 Å². The number of rotatable bonds is 3. The zero-order chi connectivity index (χ0) is 13.8. The van der Waals surface area contributed by atoms with Crippen LogP contribution in [0.1, 0.15) is 21.5 Å². The molecule has 3 N–H and O–H groups in total. The third-order valence-corrected chi connectivity index (χ3v) is 2.79. The van der Waals surface area contributed by atoms with Crippen molar-refractivity contribution >= 4 is 11.6 Å². The van der Waals surface area contributed by atoms with Crippen LogP contribution >= 0.6 is 0 Å². The average molecular weight is 258 g/mol. The van der Waals surface area contributed by atoms with Crippen molar-refractivity contribution in [3.63, 3.8) is 0 Å². The number of nitrogens with one attached hydrogen (secondary N) is 1. The van der Waals surface area contributed by atoms with Gasteiger partial charge in [0.05, 0.1) is 5.69 Å². The first kappa shape index (κ1) is 13.1. The molecule has 0 aliphatic rings. The summed E-state index contributed by atoms with van der Waals surface area (Å²) in [6.45, 7) is 2.42. The Hall–Kier alpha value is -2.36. The summed E-state index contributed by atoms with van der Waals surface area (Å²) in [4.78, 5) is 11.9. The zero-order valence-corrected chi connectivity index (χ0v) is 10.6. The van der Waals surface area contributed by atoms with E-state index in [2.05, 4.69) is 5.32 Å². The molecule has 19 heavy (non-hydrogen) atoms. The van der Waals surface area contributed by atoms with E-state index in [9.17, 15) is 9.18 Å². The quantitative estimate of drug-likeness (QED) is 0.831. The van der Waals surface area contributed by atoms with E-state index < -0.39 is 5.82 Å². The number of hydrogen-bond acceptors (Lipinski definition) is 2. The van der Waals surface area contributed by atoms with Crippen molar-refractivity contribution < 1.29 is 9.18 Å². The van der Waals surface area contributed by atoms with Crippen molar-refractivity contribution in [1.29, 1.82) is 0 Å². The summed E-state index contributed by atoms with van der Waals surface area (Å²) in [5, 5.41) is 2.77. The van der Waals surface area contributed by atoms with E-state index >= 15 is 0 Å². The summed E-state index contributed by atoms with van der Waals surface area (Å²) >= 11 is 0. The molecule has 0 aliphatic heterocycles. The van der Waals surface area contributed by atoms with E-state index in [0.717, 1.165) is 11.1 Å². The number of amides is 1. The molecule has 98 valence electrons. The first-order valence-corrected chi connectivity index (χ1v) is 5.95. The van der Waals surface area contributed by atoms with Gasteiger partial charge in [-0.3, -0.25) is 4.79 Å². The second kappa shape index (κ2) is 5.52. The Morgan fingerprint density at radius 1 is 1.26 bits per heavy atom. The number of benzene rings is 2. The number of aryl methyl sites for hydroxylation is 1. The number of halogens is 1. The van der Waals surface area contributed by atoms with Gasteiger partial charge in [0, 0.05) is 12.1 Å². The second-order valence-corrected chi connectivity index (χ2v) is 4.41. The Bertz CT molecular complexity index is 611. The van der Waals surface area contributed by atoms with E-state index in [1.54, 1.807) is 0 Å². The first-order valence-electron chi connectivity index (χ1n) is 5.95. The van der Waals surface area contributed by atoms with Gasteiger partial charge in [-0.15, -0.1) is 0 Å². The Morgan fingerprint density at radius 3 is 2.74 bits per heavy atom. The monoisotopic (exact) mass is 258 g/mol. The van der Waals surface area contributed by atoms with E-state index in [0.29, 0.717) is 12.1 Å². The van der Waals surface area contributed by atoms with E-state index in [1.165, 1.54) is 18.2 Å². The highest BCUT2D eigenvalue weighted by Gasteiger charge is 2.07. The first-order chi connectivity index (χ1) is 9.06. The third-order valence-electron chi connectivity index (χ3n) is 2.79. The molecule has 0 unspecified atom stereocenters. The predicted octanol–water partition coefficient (Wildman–Crippen LogP) is 2.65. The summed E-state index contributed by atoms with van der Waals surface area (Å²) in [6, 6.07) is 11.8. The van der Waals surface area contributed by atoms with Crippen molar-refractivity contribution in [1.82, 2.24) is 5.32 Å². The largest absolute Gasteiger partial charge is 0.396 e. The number of nitrogen functional groups attached to an aromatic ring is 1. The Kier molecular flexibility index (Phi) is 3.80. The van der Waals surface area contributed by atoms with Crippen LogP contribution < -0.4 is 11.1 Å². The summed E-state index contributed by atoms with van der Waals surface area (Å²) in [7, 11) is 0. The minimum Gasteiger partial charge on any atom is -0.396 e. The molecule has 0 spiro atoms. The van der Waals surface area contributed by atoms with Crippen LogP contribution in [-0.2, 0) is 6.54 Å². The van der Waals surface area contributed by atoms with Gasteiger partial charge < -0.3 is 11.1 Å². The molecule has 0 radical (unpaired) electrons. The number of carbonyl (C=O) groups is 1. The fourth-order valence-corrected chi connectivity index (χ4v) is 1.79. The van der Waals surface area contributed by atoms with Crippen molar-refractivity contribution in [2.24, 2.45) is 0 Å². The van der Waals surface area contributed by atoms with Crippen LogP contribution in [0.3, 0.4) is 0 Å². The van der Waals surface area contributed by atoms with Gasteiger partial charge in [0.1, 0.15) is 5.82 Å². The van der Waals surface area contributed by atoms with Crippen molar-refractivity contribution in [2.75, 3.05) is 5.73 Å². The molecule has 2 aromatic carbocycles. The molecule has 0 atom stereocenters. The van der Waals surface area contributed by atoms with Gasteiger partial charge >= 0.3 is 0 Å². The summed E-state index contributed by atoms with van der Waals surface area (Å²) < 4.78 is 13.0. The predicted molar refractivity (Wildman–Crippen MR) is 73.2 cm³/mol. The molecule has 0 fully saturated rings. The van der Waals surface area contributed by atoms with Gasteiger partial charge in [0.15, 0.2) is 0 Å². The number of anilines is 1. The zero-order valence-electron chi connectivity index (χ0n) is 10.6. The summed E-state index contributed by atoms with van der Waals surface area (Å²) in [5.74, 6) is -0.788. The van der Waals surface area contributed by atoms with Crippen LogP contribution in [0, 0.1) is 12.7 Å². The number of nitrogens with two attached hydrogens (primary N) is 1. The number of hydrogen-bond donors (Lipinski definition) is 2. The molecule has 2 aromatic rings. The molecule has 0 aliphatic carbocycles. The van der Waals surface area contributed by atoms with Crippen LogP contribution in [0.4, 0.5) is 10.1 Å². The standard InChI is InChI=1S/C15H15FN2O/c1-10-3-2-4-11(7-10)9-18-15(19)12-5-6-13(16)14(17)8-12/h2-8H,9,17H2,1H3,(H,18,19). The molecular formula is C15H15FN2O. The molecule has 1 amide bonds. The van der Waals surface area contributed by atoms with Gasteiger partial charge in [-0.1, -0.05) is 29.8 Å². The maximum Gasteiger partial charge on any atom is 0.251 e. The van der Waals surface area contributed by atoms with Crippen LogP contribution in [0.15, 0.2) is 42.5 Å². The minimum absolute atomic E-state index is 0.0248. The average Bonchev–Trinajstić information content (AvgIpc) is 2.39. The lowest BCUT2D eigenvalue weighted by molar-refractivity contribution is 0.0951. The van der Waals surface area contributed by atoms with E-state index in [1.807, 2.05) is 31.2 Å². The normalized spacial score (nSPS) is 10.2. The van der Waals surface area contributed by atoms with E-state index in [-0.39, 0.29) is 11.6 Å². The van der Waals surface area contributed by atoms with Gasteiger partial charge in [0.2, 0.25) is 0 Å². The highest BCUT2D eigenvalue weighted by atomic mass is 19.1. The lowest BCUT2D eigenvalue weighted by Crippen LogP contribution is -2.23. The Morgan fingerprint density at radius 2 is 2.05 bits per heavy atom. The van der Waals surface area contributed by atoms with Crippen LogP contribution in [0.5, 0.6) is 0 Å². The highest BCUT2D eigenvalue weighted by Crippen LogP contribution is 2.12. The Balaban J connectivity index is 2.03. The van der Waals surface area contributed by atoms with Gasteiger partial charge in [0.25, 0.3) is 5.91 Å². The topological polar surface area (TPSA) is 55.1 Å². The SMILES string of the molecule is Cc1cccc(CNC(=O)c2ccc(F)c(N)c2)c1. The van der Waals surface area contributed by atoms with Gasteiger partial charge in [-0.05, 0) is 30.7 Å². The lowest BCUT2D eigenvalue weighted by atomic mass is 10.1. The van der Waals surface area contributed by atoms with Crippen molar-refractivity contribution in [2.45, 2.75) is 13.5 Å². The molecule has 0 aromatic heterocycles. The van der Waals surface area contributed by atoms with Crippen LogP contribution in [0.2, 0.25) is 0 Å². The summed E-state index contributed by atoms with van der Waals surface area (Å²) in [6.07, 6.45) is 0. The van der Waals surface area contributed by atoms with Crippen molar-refractivity contribution in [3.05, 3.63) is 65.0 Å². The second-order valence-electron chi connectivity index (χ2n) is 4.41. The smallest absolute Gasteiger partial charge is 0.251 e. The maximum absolute atomic E-state index is 13.0. The fraction of sp³-hybridized carbons (Fsp3) is 0.133. The molecule has 2 rings (SSSR count). The molecule has 3 nitrogen and oxygen atoms in total. The van der Waals surface area contributed by atoms with Gasteiger partial charge in [-0.25, -0.2) is 4.39 Å². The van der Waals surface area contributed by atoms with E-state index in [4.69, 9.17) is 5.73 Å². The highest BCUT2D eigenvalue weighted by molar-refractivity contribution is 5.94. The fourth-order valence-electron chi connectivity index (χ4n) is 1.79. The molecule has 4 heteroatoms.